The van der Waals surface area contributed by atoms with Gasteiger partial charge in [-0.25, -0.2) is 4.98 Å². The Bertz CT molecular complexity index is 418. The third-order valence-corrected chi connectivity index (χ3v) is 3.44. The van der Waals surface area contributed by atoms with Gasteiger partial charge in [-0.05, 0) is 19.3 Å². The van der Waals surface area contributed by atoms with Crippen LogP contribution in [0.3, 0.4) is 0 Å². The minimum atomic E-state index is -0.792. The zero-order chi connectivity index (χ0) is 14.1. The van der Waals surface area contributed by atoms with E-state index in [1.165, 1.54) is 11.3 Å². The summed E-state index contributed by atoms with van der Waals surface area (Å²) in [5, 5.41) is 13.8. The van der Waals surface area contributed by atoms with Crippen molar-refractivity contribution < 1.29 is 14.7 Å². The molecule has 0 spiro atoms. The van der Waals surface area contributed by atoms with Gasteiger partial charge in [0.15, 0.2) is 5.13 Å². The molecule has 0 bridgehead atoms. The number of carbonyl (C=O) groups is 2. The van der Waals surface area contributed by atoms with Crippen molar-refractivity contribution in [1.29, 1.82) is 0 Å². The zero-order valence-corrected chi connectivity index (χ0v) is 12.0. The molecule has 5 nitrogen and oxygen atoms in total. The van der Waals surface area contributed by atoms with E-state index in [1.54, 1.807) is 0 Å². The first-order valence-electron chi connectivity index (χ1n) is 6.58. The van der Waals surface area contributed by atoms with Crippen molar-refractivity contribution in [3.8, 4) is 0 Å². The molecule has 0 radical (unpaired) electrons. The van der Waals surface area contributed by atoms with Crippen molar-refractivity contribution in [1.82, 2.24) is 4.98 Å². The number of aliphatic carboxylic acids is 1. The standard InChI is InChI=1S/C13H20N2O3S/c1-2-3-4-7-11(16)15-13-14-10(9-19-13)6-5-8-12(17)18/h9H,2-8H2,1H3,(H,17,18)(H,14,15,16). The van der Waals surface area contributed by atoms with E-state index in [0.29, 0.717) is 24.4 Å². The van der Waals surface area contributed by atoms with E-state index in [9.17, 15) is 9.59 Å². The Morgan fingerprint density at radius 3 is 2.79 bits per heavy atom. The fourth-order valence-electron chi connectivity index (χ4n) is 1.62. The van der Waals surface area contributed by atoms with E-state index in [-0.39, 0.29) is 12.3 Å². The molecule has 0 saturated heterocycles. The highest BCUT2D eigenvalue weighted by Crippen LogP contribution is 2.17. The first-order chi connectivity index (χ1) is 9.11. The highest BCUT2D eigenvalue weighted by molar-refractivity contribution is 7.13. The molecule has 0 aromatic carbocycles. The molecule has 106 valence electrons. The fourth-order valence-corrected chi connectivity index (χ4v) is 2.38. The van der Waals surface area contributed by atoms with Crippen LogP contribution in [0.25, 0.3) is 0 Å². The third kappa shape index (κ3) is 6.91. The lowest BCUT2D eigenvalue weighted by atomic mass is 10.2. The van der Waals surface area contributed by atoms with E-state index in [1.807, 2.05) is 5.38 Å². The third-order valence-electron chi connectivity index (χ3n) is 2.63. The second kappa shape index (κ2) is 8.63. The molecule has 2 N–H and O–H groups in total. The molecule has 0 aliphatic heterocycles. The number of unbranched alkanes of at least 4 members (excludes halogenated alkanes) is 2. The van der Waals surface area contributed by atoms with Gasteiger partial charge in [0.25, 0.3) is 0 Å². The van der Waals surface area contributed by atoms with Crippen LogP contribution in [0, 0.1) is 0 Å². The Morgan fingerprint density at radius 2 is 2.11 bits per heavy atom. The van der Waals surface area contributed by atoms with Gasteiger partial charge in [0, 0.05) is 18.2 Å². The largest absolute Gasteiger partial charge is 0.481 e. The van der Waals surface area contributed by atoms with E-state index < -0.39 is 5.97 Å². The Hall–Kier alpha value is -1.43. The van der Waals surface area contributed by atoms with E-state index in [0.717, 1.165) is 25.0 Å². The zero-order valence-electron chi connectivity index (χ0n) is 11.1. The normalized spacial score (nSPS) is 10.4. The topological polar surface area (TPSA) is 79.3 Å². The number of anilines is 1. The average molecular weight is 284 g/mol. The van der Waals surface area contributed by atoms with Gasteiger partial charge in [-0.2, -0.15) is 0 Å². The smallest absolute Gasteiger partial charge is 0.303 e. The van der Waals surface area contributed by atoms with Crippen molar-refractivity contribution >= 4 is 28.3 Å². The summed E-state index contributed by atoms with van der Waals surface area (Å²) in [6, 6.07) is 0. The van der Waals surface area contributed by atoms with Crippen LogP contribution in [-0.2, 0) is 16.0 Å². The fraction of sp³-hybridized carbons (Fsp3) is 0.615. The van der Waals surface area contributed by atoms with Gasteiger partial charge in [0.05, 0.1) is 5.69 Å². The molecule has 6 heteroatoms. The first-order valence-corrected chi connectivity index (χ1v) is 7.45. The monoisotopic (exact) mass is 284 g/mol. The minimum absolute atomic E-state index is 0.000106. The Balaban J connectivity index is 2.29. The summed E-state index contributed by atoms with van der Waals surface area (Å²) in [7, 11) is 0. The van der Waals surface area contributed by atoms with Crippen LogP contribution in [0.4, 0.5) is 5.13 Å². The van der Waals surface area contributed by atoms with Gasteiger partial charge < -0.3 is 10.4 Å². The maximum Gasteiger partial charge on any atom is 0.303 e. The lowest BCUT2D eigenvalue weighted by Crippen LogP contribution is -2.10. The molecule has 0 unspecified atom stereocenters. The summed E-state index contributed by atoms with van der Waals surface area (Å²) < 4.78 is 0. The summed E-state index contributed by atoms with van der Waals surface area (Å²) in [6.07, 6.45) is 4.94. The minimum Gasteiger partial charge on any atom is -0.481 e. The SMILES string of the molecule is CCCCCC(=O)Nc1nc(CCCC(=O)O)cs1. The molecule has 0 aliphatic carbocycles. The van der Waals surface area contributed by atoms with Crippen LogP contribution in [0.2, 0.25) is 0 Å². The van der Waals surface area contributed by atoms with E-state index in [4.69, 9.17) is 5.11 Å². The number of rotatable bonds is 9. The molecular weight excluding hydrogens is 264 g/mol. The van der Waals surface area contributed by atoms with Crippen molar-refractivity contribution in [3.63, 3.8) is 0 Å². The number of thiazole rings is 1. The second-order valence-electron chi connectivity index (χ2n) is 4.40. The molecule has 1 aromatic rings. The molecule has 0 fully saturated rings. The highest BCUT2D eigenvalue weighted by Gasteiger charge is 2.07. The molecule has 1 aromatic heterocycles. The summed E-state index contributed by atoms with van der Waals surface area (Å²) in [5.41, 5.74) is 0.843. The molecule has 1 heterocycles. The van der Waals surface area contributed by atoms with E-state index in [2.05, 4.69) is 17.2 Å². The van der Waals surface area contributed by atoms with Gasteiger partial charge in [-0.3, -0.25) is 9.59 Å². The molecule has 0 aliphatic rings. The number of nitrogens with one attached hydrogen (secondary N) is 1. The average Bonchev–Trinajstić information content (AvgIpc) is 2.76. The quantitative estimate of drug-likeness (QED) is 0.683. The van der Waals surface area contributed by atoms with Gasteiger partial charge in [0.2, 0.25) is 5.91 Å². The lowest BCUT2D eigenvalue weighted by Gasteiger charge is -2.00. The summed E-state index contributed by atoms with van der Waals surface area (Å²) >= 11 is 1.39. The van der Waals surface area contributed by atoms with Crippen molar-refractivity contribution in [2.45, 2.75) is 51.9 Å². The number of aromatic nitrogens is 1. The Labute approximate surface area is 117 Å². The van der Waals surface area contributed by atoms with Crippen LogP contribution in [-0.4, -0.2) is 22.0 Å². The summed E-state index contributed by atoms with van der Waals surface area (Å²) in [4.78, 5) is 26.2. The number of hydrogen-bond donors (Lipinski definition) is 2. The molecule has 1 amide bonds. The van der Waals surface area contributed by atoms with Crippen LogP contribution in [0.15, 0.2) is 5.38 Å². The van der Waals surface area contributed by atoms with Crippen LogP contribution >= 0.6 is 11.3 Å². The number of amides is 1. The lowest BCUT2D eigenvalue weighted by molar-refractivity contribution is -0.137. The maximum atomic E-state index is 11.6. The molecule has 0 atom stereocenters. The number of carbonyl (C=O) groups excluding carboxylic acids is 1. The number of hydrogen-bond acceptors (Lipinski definition) is 4. The van der Waals surface area contributed by atoms with Gasteiger partial charge in [-0.1, -0.05) is 19.8 Å². The predicted octanol–water partition coefficient (Wildman–Crippen LogP) is 3.07. The molecule has 0 saturated carbocycles. The number of carboxylic acids is 1. The van der Waals surface area contributed by atoms with Gasteiger partial charge in [-0.15, -0.1) is 11.3 Å². The highest BCUT2D eigenvalue weighted by atomic mass is 32.1. The van der Waals surface area contributed by atoms with Gasteiger partial charge >= 0.3 is 5.97 Å². The van der Waals surface area contributed by atoms with E-state index >= 15 is 0 Å². The van der Waals surface area contributed by atoms with Gasteiger partial charge in [0.1, 0.15) is 0 Å². The predicted molar refractivity (Wildman–Crippen MR) is 75.5 cm³/mol. The van der Waals surface area contributed by atoms with Crippen molar-refractivity contribution in [2.24, 2.45) is 0 Å². The summed E-state index contributed by atoms with van der Waals surface area (Å²) in [6.45, 7) is 2.10. The van der Waals surface area contributed by atoms with Crippen molar-refractivity contribution in [2.75, 3.05) is 5.32 Å². The first kappa shape index (κ1) is 15.6. The van der Waals surface area contributed by atoms with Crippen LogP contribution < -0.4 is 5.32 Å². The van der Waals surface area contributed by atoms with Crippen molar-refractivity contribution in [3.05, 3.63) is 11.1 Å². The molecular formula is C13H20N2O3S. The molecule has 1 rings (SSSR count). The second-order valence-corrected chi connectivity index (χ2v) is 5.25. The Morgan fingerprint density at radius 1 is 1.32 bits per heavy atom. The number of carboxylic acid groups (broad SMARTS) is 1. The molecule has 19 heavy (non-hydrogen) atoms. The Kier molecular flexibility index (Phi) is 7.10. The summed E-state index contributed by atoms with van der Waals surface area (Å²) in [5.74, 6) is -0.792. The maximum absolute atomic E-state index is 11.6. The van der Waals surface area contributed by atoms with Crippen LogP contribution in [0.1, 0.15) is 51.1 Å². The number of nitrogens with zero attached hydrogens (tertiary/aromatic N) is 1. The number of aryl methyl sites for hydroxylation is 1. The van der Waals surface area contributed by atoms with Crippen LogP contribution in [0.5, 0.6) is 0 Å².